The van der Waals surface area contributed by atoms with Crippen molar-refractivity contribution in [2.24, 2.45) is 0 Å². The Morgan fingerprint density at radius 1 is 0.515 bits per heavy atom. The normalized spacial score (nSPS) is 12.3. The van der Waals surface area contributed by atoms with Gasteiger partial charge < -0.3 is 34.4 Å². The van der Waals surface area contributed by atoms with Crippen LogP contribution in [0.4, 0.5) is 5.69 Å². The van der Waals surface area contributed by atoms with Crippen molar-refractivity contribution >= 4 is 44.0 Å². The maximum absolute atomic E-state index is 13.2. The second-order valence-corrected chi connectivity index (χ2v) is 25.6. The van der Waals surface area contributed by atoms with E-state index in [0.29, 0.717) is 5.56 Å². The summed E-state index contributed by atoms with van der Waals surface area (Å²) in [5, 5.41) is 10.1. The van der Waals surface area contributed by atoms with Crippen LogP contribution in [0.25, 0.3) is 88.2 Å². The molecule has 2 radical (unpaired) electrons. The van der Waals surface area contributed by atoms with Gasteiger partial charge in [-0.15, -0.1) is 155 Å². The molecule has 12 nitrogen and oxygen atoms in total. The second-order valence-electron chi connectivity index (χ2n) is 24.5. The Bertz CT molecular complexity index is 4440. The summed E-state index contributed by atoms with van der Waals surface area (Å²) in [6, 6.07) is 89.4. The molecule has 6 aromatic carbocycles. The Morgan fingerprint density at radius 2 is 0.922 bits per heavy atom. The van der Waals surface area contributed by atoms with E-state index in [4.69, 9.17) is 14.5 Å². The number of aliphatic hydroxyl groups is 1. The Labute approximate surface area is 649 Å². The number of carbonyl (C=O) groups excluding carboxylic acids is 1. The van der Waals surface area contributed by atoms with E-state index >= 15 is 0 Å². The fourth-order valence-corrected chi connectivity index (χ4v) is 12.0. The quantitative estimate of drug-likeness (QED) is 0.0697. The van der Waals surface area contributed by atoms with Crippen LogP contribution in [0.3, 0.4) is 0 Å². The molecule has 0 atom stereocenters. The molecule has 0 bridgehead atoms. The number of nitrogens with zero attached hydrogens (tertiary/aromatic N) is 8. The molecule has 0 fully saturated rings. The number of anilines is 1. The third-order valence-corrected chi connectivity index (χ3v) is 17.2. The molecule has 0 unspecified atom stereocenters. The molecule has 1 N–H and O–H groups in total. The van der Waals surface area contributed by atoms with Crippen LogP contribution in [0.1, 0.15) is 78.5 Å². The average molecular weight is 1910 g/mol. The van der Waals surface area contributed by atoms with Gasteiger partial charge >= 0.3 is 25.7 Å². The first kappa shape index (κ1) is 82.2. The molecule has 0 saturated carbocycles. The number of thiazole rings is 1. The molecule has 0 spiro atoms. The summed E-state index contributed by atoms with van der Waals surface area (Å²) in [5.74, 6) is -0.0625. The van der Waals surface area contributed by atoms with Crippen molar-refractivity contribution in [2.45, 2.75) is 79.6 Å². The summed E-state index contributed by atoms with van der Waals surface area (Å²) in [4.78, 5) is 55.7. The van der Waals surface area contributed by atoms with E-state index in [-0.39, 0.29) is 95.7 Å². The number of ketones is 1. The molecule has 2 aliphatic rings. The number of hydrogen-bond acceptors (Lipinski definition) is 13. The van der Waals surface area contributed by atoms with Crippen molar-refractivity contribution < 1.29 is 74.6 Å². The van der Waals surface area contributed by atoms with Crippen LogP contribution < -0.4 is 10.5 Å². The van der Waals surface area contributed by atoms with Crippen LogP contribution in [-0.4, -0.2) is 58.9 Å². The summed E-state index contributed by atoms with van der Waals surface area (Å²) in [7, 11) is 0. The van der Waals surface area contributed by atoms with Gasteiger partial charge in [0, 0.05) is 113 Å². The molecule has 14 aromatic rings. The van der Waals surface area contributed by atoms with Crippen LogP contribution in [0, 0.1) is 31.2 Å². The van der Waals surface area contributed by atoms with Crippen molar-refractivity contribution in [1.29, 1.82) is 0 Å². The molecule has 526 valence electrons. The topological polar surface area (TPSA) is 161 Å². The summed E-state index contributed by atoms with van der Waals surface area (Å²) in [5.41, 5.74) is 17.0. The monoisotopic (exact) mass is 1910 g/mol. The molecular weight excluding hydrogens is 1830 g/mol. The minimum atomic E-state index is -0.300. The van der Waals surface area contributed by atoms with Crippen LogP contribution in [0.2, 0.25) is 0 Å². The van der Waals surface area contributed by atoms with E-state index < -0.39 is 0 Å². The van der Waals surface area contributed by atoms with E-state index in [1.54, 1.807) is 42.3 Å². The Kier molecular flexibility index (Phi) is 32.6. The smallest absolute Gasteiger partial charge is 0.512 e. The molecular formula is C87H80Ir3N8O4S-. The molecule has 0 aliphatic carbocycles. The van der Waals surface area contributed by atoms with Gasteiger partial charge in [0.05, 0.1) is 32.9 Å². The molecule has 0 amide bonds. The summed E-state index contributed by atoms with van der Waals surface area (Å²) < 4.78 is 7.18. The number of pyridine rings is 6. The Balaban J connectivity index is 0.000000199. The molecule has 103 heavy (non-hydrogen) atoms. The van der Waals surface area contributed by atoms with Gasteiger partial charge in [-0.25, -0.2) is 9.78 Å². The van der Waals surface area contributed by atoms with Crippen molar-refractivity contribution in [3.05, 3.63) is 337 Å². The van der Waals surface area contributed by atoms with E-state index in [2.05, 4.69) is 106 Å². The number of hydrogen-bond donors (Lipinski definition) is 1. The van der Waals surface area contributed by atoms with Crippen LogP contribution in [-0.2, 0) is 75.9 Å². The number of rotatable bonds is 7. The van der Waals surface area contributed by atoms with Crippen LogP contribution >= 0.6 is 11.3 Å². The summed E-state index contributed by atoms with van der Waals surface area (Å²) in [6.07, 6.45) is 14.1. The molecule has 10 heterocycles. The Hall–Kier alpha value is -9.72. The van der Waals surface area contributed by atoms with E-state index in [1.165, 1.54) is 42.3 Å². The number of aryl methyl sites for hydroxylation is 1. The maximum atomic E-state index is 13.2. The van der Waals surface area contributed by atoms with Gasteiger partial charge in [0.1, 0.15) is 10.6 Å². The molecule has 2 aliphatic heterocycles. The fourth-order valence-electron chi connectivity index (χ4n) is 11.1. The van der Waals surface area contributed by atoms with Crippen molar-refractivity contribution in [1.82, 2.24) is 34.9 Å². The van der Waals surface area contributed by atoms with Gasteiger partial charge in [0.25, 0.3) is 0 Å². The van der Waals surface area contributed by atoms with Gasteiger partial charge in [-0.1, -0.05) is 107 Å². The van der Waals surface area contributed by atoms with Gasteiger partial charge in [0.2, 0.25) is 0 Å². The van der Waals surface area contributed by atoms with Gasteiger partial charge in [-0.05, 0) is 146 Å². The standard InChI is InChI=1S/C26H26N2O2S.C12H10N.3C11H8N.C10H8N2.C5H8O2.CH4.3Ir/c1-25(2)9-11-28-12-10-26(3,4)20-21(28)17(25)14-15-13-16(24(29)30-22(15)20)23-27-18-7-5-6-8-19(18)31-23;1-10-7-8-13-12(9-10)11-5-3-2-4-6-11;3*1-2-6-10(7-3-1)11-8-4-5-9-12-11;1-3-7-11-9(5-1)10-6-2-4-8-12-10;1-4(6)3-5(2)7;;;;/h5-8,13-14H,9-12H2,1-4H3;2-5,7-9H,1H3;3*1-6,8-9H;1-8H;3,6H,1-2H3;1H4;;;/q;4*-1;;;;;;+3. The second kappa shape index (κ2) is 40.8. The number of aromatic nitrogens is 7. The predicted molar refractivity (Wildman–Crippen MR) is 409 cm³/mol. The largest absolute Gasteiger partial charge is 3.00 e. The third-order valence-electron chi connectivity index (χ3n) is 16.1. The number of fused-ring (bicyclic) bond motifs is 3. The van der Waals surface area contributed by atoms with Gasteiger partial charge in [-0.3, -0.25) is 14.8 Å². The number of allylic oxidation sites excluding steroid dienone is 2. The minimum absolute atomic E-state index is 0. The van der Waals surface area contributed by atoms with Gasteiger partial charge in [0.15, 0.2) is 5.78 Å². The number of aliphatic hydroxyl groups excluding tert-OH is 1. The first-order valence-electron chi connectivity index (χ1n) is 32.6. The third kappa shape index (κ3) is 23.4. The summed E-state index contributed by atoms with van der Waals surface area (Å²) in [6.45, 7) is 16.3. The molecule has 16 heteroatoms. The average Bonchev–Trinajstić information content (AvgIpc) is 0.959. The zero-order valence-electron chi connectivity index (χ0n) is 57.5. The molecule has 8 aromatic heterocycles. The SMILES string of the molecule is C.CC(=O)C=C(C)O.CC1(C)CCN2CCC(C)(C)c3c2c1cc1cc(-c2nc4ccccc4s2)c(=O)oc31.Cc1ccnc(-c2[c-]cccc2)c1.[Ir+3].[Ir].[Ir].[c-]1ccccc1-c1ccccn1.[c-]1ccccc1-c1ccccn1.[c-]1ccccc1-c1ccccn1.c1ccc(-c2ccccn2)nc1. The maximum Gasteiger partial charge on any atom is 3.00 e. The first-order valence-corrected chi connectivity index (χ1v) is 33.4. The first-order chi connectivity index (χ1) is 48.1. The molecule has 16 rings (SSSR count). The van der Waals surface area contributed by atoms with Crippen molar-refractivity contribution in [3.63, 3.8) is 0 Å². The Morgan fingerprint density at radius 3 is 1.31 bits per heavy atom. The van der Waals surface area contributed by atoms with Crippen LogP contribution in [0.15, 0.2) is 295 Å². The van der Waals surface area contributed by atoms with Crippen molar-refractivity contribution in [2.75, 3.05) is 18.0 Å². The minimum Gasteiger partial charge on any atom is -0.512 e. The fraction of sp³-hybridized carbons (Fsp3) is 0.161. The van der Waals surface area contributed by atoms with E-state index in [9.17, 15) is 9.59 Å². The number of carbonyl (C=O) groups is 1. The summed E-state index contributed by atoms with van der Waals surface area (Å²) >= 11 is 1.54. The zero-order chi connectivity index (χ0) is 69.4. The molecule has 0 saturated heterocycles. The predicted octanol–water partition coefficient (Wildman–Crippen LogP) is 20.6. The van der Waals surface area contributed by atoms with E-state index in [0.717, 1.165) is 109 Å². The van der Waals surface area contributed by atoms with E-state index in [1.807, 2.05) is 231 Å². The van der Waals surface area contributed by atoms with Crippen LogP contribution in [0.5, 0.6) is 0 Å². The van der Waals surface area contributed by atoms with Gasteiger partial charge in [-0.2, -0.15) is 0 Å². The van der Waals surface area contributed by atoms with Crippen molar-refractivity contribution in [3.8, 4) is 67.0 Å². The zero-order valence-corrected chi connectivity index (χ0v) is 65.5. The number of benzene rings is 6. The number of para-hydroxylation sites is 1.